The van der Waals surface area contributed by atoms with E-state index in [2.05, 4.69) is 60.5 Å². The first-order valence-electron chi connectivity index (χ1n) is 13.1. The van der Waals surface area contributed by atoms with Crippen LogP contribution in [0, 0.1) is 19.8 Å². The summed E-state index contributed by atoms with van der Waals surface area (Å²) in [5, 5.41) is 6.12. The van der Waals surface area contributed by atoms with Crippen molar-refractivity contribution in [3.8, 4) is 0 Å². The highest BCUT2D eigenvalue weighted by atomic mass is 32.1. The van der Waals surface area contributed by atoms with Crippen molar-refractivity contribution >= 4 is 23.2 Å². The summed E-state index contributed by atoms with van der Waals surface area (Å²) < 4.78 is 0. The number of rotatable bonds is 6. The lowest BCUT2D eigenvalue weighted by molar-refractivity contribution is -0.131. The van der Waals surface area contributed by atoms with E-state index in [1.807, 2.05) is 16.3 Å². The molecule has 1 aliphatic heterocycles. The van der Waals surface area contributed by atoms with E-state index < -0.39 is 0 Å². The van der Waals surface area contributed by atoms with Gasteiger partial charge in [0.05, 0.1) is 17.5 Å². The second-order valence-corrected chi connectivity index (χ2v) is 11.3. The van der Waals surface area contributed by atoms with Crippen molar-refractivity contribution in [2.75, 3.05) is 13.1 Å². The third-order valence-electron chi connectivity index (χ3n) is 7.74. The number of likely N-dealkylation sites (tertiary alicyclic amines) is 1. The van der Waals surface area contributed by atoms with Crippen LogP contribution in [-0.2, 0) is 24.1 Å². The Morgan fingerprint density at radius 1 is 1.08 bits per heavy atom. The maximum Gasteiger partial charge on any atom is 0.271 e. The molecular weight excluding hydrogens is 466 g/mol. The zero-order chi connectivity index (χ0) is 25.1. The van der Waals surface area contributed by atoms with Crippen molar-refractivity contribution in [3.05, 3.63) is 86.4 Å². The number of piperidine rings is 1. The fourth-order valence-electron chi connectivity index (χ4n) is 5.54. The quantitative estimate of drug-likeness (QED) is 0.479. The maximum absolute atomic E-state index is 12.9. The highest BCUT2D eigenvalue weighted by molar-refractivity contribution is 7.09. The summed E-state index contributed by atoms with van der Waals surface area (Å²) in [6, 6.07) is 14.8. The van der Waals surface area contributed by atoms with E-state index in [-0.39, 0.29) is 17.9 Å². The Bertz CT molecular complexity index is 1240. The molecule has 1 aliphatic carbocycles. The van der Waals surface area contributed by atoms with Crippen molar-refractivity contribution in [1.29, 1.82) is 0 Å². The SMILES string of the molecule is Cc1ccc(C)c(CC(=O)N2CCC(Cc3nc(C(=O)NC4CCCc5ccccc54)cs3)CC2)c1. The van der Waals surface area contributed by atoms with Crippen LogP contribution in [0.2, 0.25) is 0 Å². The van der Waals surface area contributed by atoms with Gasteiger partial charge in [0.25, 0.3) is 5.91 Å². The van der Waals surface area contributed by atoms with E-state index in [0.717, 1.165) is 62.2 Å². The number of benzene rings is 2. The summed E-state index contributed by atoms with van der Waals surface area (Å²) in [7, 11) is 0. The van der Waals surface area contributed by atoms with Gasteiger partial charge in [0.15, 0.2) is 0 Å². The van der Waals surface area contributed by atoms with Gasteiger partial charge in [-0.3, -0.25) is 9.59 Å². The minimum absolute atomic E-state index is 0.0676. The van der Waals surface area contributed by atoms with Crippen molar-refractivity contribution in [2.24, 2.45) is 5.92 Å². The van der Waals surface area contributed by atoms with Gasteiger partial charge in [0, 0.05) is 24.9 Å². The van der Waals surface area contributed by atoms with Crippen LogP contribution in [0.25, 0.3) is 0 Å². The highest BCUT2D eigenvalue weighted by Gasteiger charge is 2.26. The zero-order valence-electron chi connectivity index (χ0n) is 21.3. The molecule has 0 bridgehead atoms. The summed E-state index contributed by atoms with van der Waals surface area (Å²) in [5.41, 5.74) is 6.62. The van der Waals surface area contributed by atoms with E-state index >= 15 is 0 Å². The molecule has 1 aromatic heterocycles. The van der Waals surface area contributed by atoms with Gasteiger partial charge in [-0.1, -0.05) is 48.0 Å². The van der Waals surface area contributed by atoms with E-state index in [4.69, 9.17) is 0 Å². The molecule has 0 spiro atoms. The molecule has 1 N–H and O–H groups in total. The standard InChI is InChI=1S/C30H35N3O2S/c1-20-10-11-21(2)24(16-20)18-29(34)33-14-12-22(13-15-33)17-28-31-27(19-36-28)30(35)32-26-9-5-7-23-6-3-4-8-25(23)26/h3-4,6,8,10-11,16,19,22,26H,5,7,9,12-15,17-18H2,1-2H3,(H,32,35). The fraction of sp³-hybridized carbons (Fsp3) is 0.433. The smallest absolute Gasteiger partial charge is 0.271 e. The van der Waals surface area contributed by atoms with Gasteiger partial charge in [0.1, 0.15) is 5.69 Å². The normalized spacial score (nSPS) is 18.1. The monoisotopic (exact) mass is 501 g/mol. The number of amides is 2. The topological polar surface area (TPSA) is 62.3 Å². The molecule has 2 aromatic carbocycles. The van der Waals surface area contributed by atoms with Gasteiger partial charge in [0.2, 0.25) is 5.91 Å². The Morgan fingerprint density at radius 2 is 1.89 bits per heavy atom. The van der Waals surface area contributed by atoms with E-state index in [0.29, 0.717) is 18.0 Å². The van der Waals surface area contributed by atoms with Crippen LogP contribution in [-0.4, -0.2) is 34.8 Å². The number of nitrogens with one attached hydrogen (secondary N) is 1. The van der Waals surface area contributed by atoms with Crippen LogP contribution in [0.4, 0.5) is 0 Å². The molecule has 1 atom stereocenters. The van der Waals surface area contributed by atoms with Gasteiger partial charge < -0.3 is 10.2 Å². The van der Waals surface area contributed by atoms with Crippen LogP contribution >= 0.6 is 11.3 Å². The molecular formula is C30H35N3O2S. The average molecular weight is 502 g/mol. The number of fused-ring (bicyclic) bond motifs is 1. The Morgan fingerprint density at radius 3 is 2.72 bits per heavy atom. The van der Waals surface area contributed by atoms with Crippen molar-refractivity contribution in [3.63, 3.8) is 0 Å². The number of nitrogens with zero attached hydrogens (tertiary/aromatic N) is 2. The predicted molar refractivity (Wildman–Crippen MR) is 144 cm³/mol. The summed E-state index contributed by atoms with van der Waals surface area (Å²) >= 11 is 1.58. The molecule has 3 aromatic rings. The third-order valence-corrected chi connectivity index (χ3v) is 8.61. The molecule has 0 radical (unpaired) electrons. The summed E-state index contributed by atoms with van der Waals surface area (Å²) in [5.74, 6) is 0.646. The van der Waals surface area contributed by atoms with E-state index in [9.17, 15) is 9.59 Å². The highest BCUT2D eigenvalue weighted by Crippen LogP contribution is 2.30. The van der Waals surface area contributed by atoms with Crippen LogP contribution in [0.3, 0.4) is 0 Å². The molecule has 5 rings (SSSR count). The molecule has 0 saturated carbocycles. The lowest BCUT2D eigenvalue weighted by Crippen LogP contribution is -2.39. The average Bonchev–Trinajstić information content (AvgIpc) is 3.35. The summed E-state index contributed by atoms with van der Waals surface area (Å²) in [6.07, 6.45) is 6.48. The first-order valence-corrected chi connectivity index (χ1v) is 14.0. The van der Waals surface area contributed by atoms with Crippen molar-refractivity contribution in [1.82, 2.24) is 15.2 Å². The molecule has 1 unspecified atom stereocenters. The Labute approximate surface area is 218 Å². The molecule has 36 heavy (non-hydrogen) atoms. The number of thiazole rings is 1. The lowest BCUT2D eigenvalue weighted by atomic mass is 9.88. The molecule has 5 nitrogen and oxygen atoms in total. The first kappa shape index (κ1) is 24.7. The Balaban J connectivity index is 1.12. The third kappa shape index (κ3) is 5.70. The van der Waals surface area contributed by atoms with E-state index in [1.54, 1.807) is 11.3 Å². The van der Waals surface area contributed by atoms with Crippen LogP contribution in [0.15, 0.2) is 47.8 Å². The molecule has 2 amide bonds. The molecule has 2 aliphatic rings. The summed E-state index contributed by atoms with van der Waals surface area (Å²) in [4.78, 5) is 32.5. The van der Waals surface area contributed by atoms with E-state index in [1.165, 1.54) is 22.3 Å². The number of carbonyl (C=O) groups excluding carboxylic acids is 2. The summed E-state index contributed by atoms with van der Waals surface area (Å²) in [6.45, 7) is 5.74. The van der Waals surface area contributed by atoms with Gasteiger partial charge in [-0.15, -0.1) is 11.3 Å². The molecule has 6 heteroatoms. The Hall–Kier alpha value is -2.99. The minimum atomic E-state index is -0.0777. The lowest BCUT2D eigenvalue weighted by Gasteiger charge is -2.32. The zero-order valence-corrected chi connectivity index (χ0v) is 22.1. The fourth-order valence-corrected chi connectivity index (χ4v) is 6.43. The van der Waals surface area contributed by atoms with Gasteiger partial charge in [-0.05, 0) is 74.1 Å². The van der Waals surface area contributed by atoms with Crippen LogP contribution in [0.5, 0.6) is 0 Å². The maximum atomic E-state index is 12.9. The molecule has 1 fully saturated rings. The van der Waals surface area contributed by atoms with Gasteiger partial charge in [-0.2, -0.15) is 0 Å². The van der Waals surface area contributed by atoms with Crippen molar-refractivity contribution < 1.29 is 9.59 Å². The second kappa shape index (κ2) is 11.0. The number of hydrogen-bond acceptors (Lipinski definition) is 4. The Kier molecular flexibility index (Phi) is 7.51. The predicted octanol–water partition coefficient (Wildman–Crippen LogP) is 5.59. The minimum Gasteiger partial charge on any atom is -0.344 e. The van der Waals surface area contributed by atoms with Gasteiger partial charge in [-0.25, -0.2) is 4.98 Å². The largest absolute Gasteiger partial charge is 0.344 e. The number of hydrogen-bond donors (Lipinski definition) is 1. The number of carbonyl (C=O) groups is 2. The second-order valence-electron chi connectivity index (χ2n) is 10.4. The van der Waals surface area contributed by atoms with Gasteiger partial charge >= 0.3 is 0 Å². The van der Waals surface area contributed by atoms with Crippen molar-refractivity contribution in [2.45, 2.75) is 64.8 Å². The molecule has 1 saturated heterocycles. The van der Waals surface area contributed by atoms with Crippen LogP contribution in [0.1, 0.15) is 75.0 Å². The van der Waals surface area contributed by atoms with Crippen LogP contribution < -0.4 is 5.32 Å². The molecule has 188 valence electrons. The first-order chi connectivity index (χ1) is 17.5. The number of aromatic nitrogens is 1. The number of aryl methyl sites for hydroxylation is 3. The molecule has 2 heterocycles.